The van der Waals surface area contributed by atoms with Crippen molar-refractivity contribution in [2.75, 3.05) is 6.54 Å². The predicted octanol–water partition coefficient (Wildman–Crippen LogP) is 7.08. The van der Waals surface area contributed by atoms with Crippen molar-refractivity contribution >= 4 is 0 Å². The molecule has 5 heteroatoms. The molecule has 5 rings (SSSR count). The summed E-state index contributed by atoms with van der Waals surface area (Å²) in [5.74, 6) is 0. The second-order valence-corrected chi connectivity index (χ2v) is 9.62. The van der Waals surface area contributed by atoms with Crippen LogP contribution >= 0.6 is 0 Å². The average Bonchev–Trinajstić information content (AvgIpc) is 3.24. The lowest BCUT2D eigenvalue weighted by Crippen LogP contribution is -2.46. The van der Waals surface area contributed by atoms with E-state index in [0.29, 0.717) is 12.1 Å². The maximum Gasteiger partial charge on any atom is 0.416 e. The summed E-state index contributed by atoms with van der Waals surface area (Å²) < 4.78 is 39.4. The molecule has 3 atom stereocenters. The van der Waals surface area contributed by atoms with Crippen molar-refractivity contribution in [3.8, 4) is 0 Å². The second kappa shape index (κ2) is 9.93. The Balaban J connectivity index is 1.44. The average molecular weight is 465 g/mol. The fourth-order valence-corrected chi connectivity index (χ4v) is 5.84. The molecule has 0 spiro atoms. The van der Waals surface area contributed by atoms with Crippen LogP contribution in [0.1, 0.15) is 54.0 Å². The fourth-order valence-electron chi connectivity index (χ4n) is 5.84. The molecule has 34 heavy (non-hydrogen) atoms. The van der Waals surface area contributed by atoms with E-state index < -0.39 is 11.7 Å². The molecule has 3 aromatic rings. The number of hydrogen-bond donors (Lipinski definition) is 0. The van der Waals surface area contributed by atoms with Gasteiger partial charge in [0.15, 0.2) is 0 Å². The molecule has 2 aliphatic heterocycles. The Labute approximate surface area is 200 Å². The van der Waals surface area contributed by atoms with Gasteiger partial charge in [0.05, 0.1) is 5.56 Å². The zero-order valence-corrected chi connectivity index (χ0v) is 19.3. The SMILES string of the molecule is FC(F)(F)c1ccc(C2CC(N(Cc3ccccc3)Cc3ccccc3)C3CCCCN23)cc1. The molecule has 0 saturated carbocycles. The number of benzene rings is 3. The van der Waals surface area contributed by atoms with Crippen molar-refractivity contribution in [3.05, 3.63) is 107 Å². The highest BCUT2D eigenvalue weighted by Crippen LogP contribution is 2.44. The molecule has 3 unspecified atom stereocenters. The molecule has 0 bridgehead atoms. The Bertz CT molecular complexity index is 1010. The zero-order valence-electron chi connectivity index (χ0n) is 19.3. The molecule has 178 valence electrons. The number of rotatable bonds is 6. The van der Waals surface area contributed by atoms with E-state index >= 15 is 0 Å². The van der Waals surface area contributed by atoms with Gasteiger partial charge in [-0.2, -0.15) is 13.2 Å². The van der Waals surface area contributed by atoms with Gasteiger partial charge in [0.2, 0.25) is 0 Å². The van der Waals surface area contributed by atoms with E-state index in [9.17, 15) is 13.2 Å². The number of hydrogen-bond acceptors (Lipinski definition) is 2. The molecule has 2 fully saturated rings. The molecule has 0 aromatic heterocycles. The maximum absolute atomic E-state index is 13.1. The van der Waals surface area contributed by atoms with Crippen LogP contribution < -0.4 is 0 Å². The van der Waals surface area contributed by atoms with Crippen LogP contribution in [0, 0.1) is 0 Å². The van der Waals surface area contributed by atoms with E-state index in [1.807, 2.05) is 12.1 Å². The third kappa shape index (κ3) is 5.06. The van der Waals surface area contributed by atoms with E-state index in [4.69, 9.17) is 0 Å². The lowest BCUT2D eigenvalue weighted by Gasteiger charge is -2.39. The van der Waals surface area contributed by atoms with E-state index in [1.165, 1.54) is 29.7 Å². The van der Waals surface area contributed by atoms with Crippen molar-refractivity contribution in [2.45, 2.75) is 63.1 Å². The summed E-state index contributed by atoms with van der Waals surface area (Å²) in [6, 6.07) is 28.0. The van der Waals surface area contributed by atoms with E-state index in [2.05, 4.69) is 58.3 Å². The van der Waals surface area contributed by atoms with Gasteiger partial charge in [-0.05, 0) is 54.6 Å². The quantitative estimate of drug-likeness (QED) is 0.385. The summed E-state index contributed by atoms with van der Waals surface area (Å²) in [6.45, 7) is 2.74. The molecule has 0 radical (unpaired) electrons. The Morgan fingerprint density at radius 2 is 1.35 bits per heavy atom. The van der Waals surface area contributed by atoms with Gasteiger partial charge in [-0.3, -0.25) is 9.80 Å². The summed E-state index contributed by atoms with van der Waals surface area (Å²) in [5.41, 5.74) is 3.01. The van der Waals surface area contributed by atoms with Crippen molar-refractivity contribution in [1.82, 2.24) is 9.80 Å². The fraction of sp³-hybridized carbons (Fsp3) is 0.379. The third-order valence-corrected chi connectivity index (χ3v) is 7.45. The van der Waals surface area contributed by atoms with Gasteiger partial charge in [0.25, 0.3) is 0 Å². The molecule has 3 aromatic carbocycles. The smallest absolute Gasteiger partial charge is 0.292 e. The predicted molar refractivity (Wildman–Crippen MR) is 129 cm³/mol. The first-order valence-corrected chi connectivity index (χ1v) is 12.2. The van der Waals surface area contributed by atoms with Gasteiger partial charge in [0.1, 0.15) is 0 Å². The van der Waals surface area contributed by atoms with E-state index in [-0.39, 0.29) is 6.04 Å². The first-order valence-electron chi connectivity index (χ1n) is 12.2. The number of fused-ring (bicyclic) bond motifs is 1. The van der Waals surface area contributed by atoms with Crippen LogP contribution in [0.5, 0.6) is 0 Å². The molecule has 2 heterocycles. The number of alkyl halides is 3. The summed E-state index contributed by atoms with van der Waals surface area (Å²) in [5, 5.41) is 0. The first-order chi connectivity index (χ1) is 16.5. The highest BCUT2D eigenvalue weighted by molar-refractivity contribution is 5.29. The standard InChI is InChI=1S/C29H31F3N2/c30-29(31,32)25-16-14-24(15-17-25)27-19-28(26-13-7-8-18-34(26)27)33(20-22-9-3-1-4-10-22)21-23-11-5-2-6-12-23/h1-6,9-12,14-17,26-28H,7-8,13,18-21H2. The van der Waals surface area contributed by atoms with Crippen molar-refractivity contribution in [1.29, 1.82) is 0 Å². The molecular formula is C29H31F3N2. The largest absolute Gasteiger partial charge is 0.416 e. The number of nitrogens with zero attached hydrogens (tertiary/aromatic N) is 2. The molecule has 2 aliphatic rings. The lowest BCUT2D eigenvalue weighted by molar-refractivity contribution is -0.137. The minimum absolute atomic E-state index is 0.159. The summed E-state index contributed by atoms with van der Waals surface area (Å²) >= 11 is 0. The van der Waals surface area contributed by atoms with E-state index in [1.54, 1.807) is 12.1 Å². The minimum atomic E-state index is -4.30. The van der Waals surface area contributed by atoms with Crippen LogP contribution in [0.25, 0.3) is 0 Å². The van der Waals surface area contributed by atoms with Crippen molar-refractivity contribution < 1.29 is 13.2 Å². The first kappa shape index (κ1) is 23.1. The highest BCUT2D eigenvalue weighted by Gasteiger charge is 2.45. The van der Waals surface area contributed by atoms with Crippen LogP contribution in [-0.2, 0) is 19.3 Å². The Hall–Kier alpha value is -2.63. The summed E-state index contributed by atoms with van der Waals surface area (Å²) in [6.07, 6.45) is 0.143. The van der Waals surface area contributed by atoms with Crippen molar-refractivity contribution in [2.24, 2.45) is 0 Å². The Morgan fingerprint density at radius 3 is 1.91 bits per heavy atom. The normalized spacial score (nSPS) is 23.2. The van der Waals surface area contributed by atoms with Crippen LogP contribution in [-0.4, -0.2) is 28.4 Å². The highest BCUT2D eigenvalue weighted by atomic mass is 19.4. The van der Waals surface area contributed by atoms with Gasteiger partial charge in [-0.25, -0.2) is 0 Å². The van der Waals surface area contributed by atoms with Gasteiger partial charge < -0.3 is 0 Å². The maximum atomic E-state index is 13.1. The van der Waals surface area contributed by atoms with Gasteiger partial charge in [0, 0.05) is 31.2 Å². The second-order valence-electron chi connectivity index (χ2n) is 9.62. The summed E-state index contributed by atoms with van der Waals surface area (Å²) in [7, 11) is 0. The van der Waals surface area contributed by atoms with Crippen LogP contribution in [0.3, 0.4) is 0 Å². The zero-order chi connectivity index (χ0) is 23.5. The topological polar surface area (TPSA) is 6.48 Å². The van der Waals surface area contributed by atoms with Gasteiger partial charge in [-0.15, -0.1) is 0 Å². The molecule has 0 aliphatic carbocycles. The van der Waals surface area contributed by atoms with Gasteiger partial charge in [-0.1, -0.05) is 79.2 Å². The Morgan fingerprint density at radius 1 is 0.765 bits per heavy atom. The van der Waals surface area contributed by atoms with Gasteiger partial charge >= 0.3 is 6.18 Å². The Kier molecular flexibility index (Phi) is 6.75. The third-order valence-electron chi connectivity index (χ3n) is 7.45. The molecule has 0 amide bonds. The van der Waals surface area contributed by atoms with Crippen LogP contribution in [0.15, 0.2) is 84.9 Å². The lowest BCUT2D eigenvalue weighted by atomic mass is 9.96. The van der Waals surface area contributed by atoms with E-state index in [0.717, 1.165) is 44.5 Å². The number of halogens is 3. The van der Waals surface area contributed by atoms with Crippen LogP contribution in [0.2, 0.25) is 0 Å². The molecule has 2 saturated heterocycles. The monoisotopic (exact) mass is 464 g/mol. The minimum Gasteiger partial charge on any atom is -0.292 e. The molecule has 2 nitrogen and oxygen atoms in total. The van der Waals surface area contributed by atoms with Crippen molar-refractivity contribution in [3.63, 3.8) is 0 Å². The summed E-state index contributed by atoms with van der Waals surface area (Å²) in [4.78, 5) is 5.16. The molecular weight excluding hydrogens is 433 g/mol. The molecule has 0 N–H and O–H groups in total. The number of piperidine rings is 1. The van der Waals surface area contributed by atoms with Crippen LogP contribution in [0.4, 0.5) is 13.2 Å².